The number of aromatic nitrogens is 1. The molecule has 0 aliphatic carbocycles. The molecule has 0 saturated heterocycles. The van der Waals surface area contributed by atoms with Gasteiger partial charge in [0.15, 0.2) is 17.1 Å². The number of carbonyl (C=O) groups excluding carboxylic acids is 1. The first kappa shape index (κ1) is 19.6. The summed E-state index contributed by atoms with van der Waals surface area (Å²) in [4.78, 5) is 22.1. The molecule has 4 rings (SSSR count). The van der Waals surface area contributed by atoms with Crippen molar-refractivity contribution in [1.82, 2.24) is 10.3 Å². The van der Waals surface area contributed by atoms with Crippen LogP contribution in [0.5, 0.6) is 0 Å². The molecule has 29 heavy (non-hydrogen) atoms. The zero-order chi connectivity index (χ0) is 20.5. The van der Waals surface area contributed by atoms with Crippen molar-refractivity contribution in [3.8, 4) is 0 Å². The van der Waals surface area contributed by atoms with Crippen molar-refractivity contribution < 1.29 is 9.90 Å². The number of benzene rings is 1. The lowest BCUT2D eigenvalue weighted by Crippen LogP contribution is -2.39. The molecule has 1 aromatic carbocycles. The lowest BCUT2D eigenvalue weighted by Gasteiger charge is -2.29. The summed E-state index contributed by atoms with van der Waals surface area (Å²) in [6, 6.07) is 6.86. The normalized spacial score (nSPS) is 21.7. The predicted molar refractivity (Wildman–Crippen MR) is 114 cm³/mol. The highest BCUT2D eigenvalue weighted by Crippen LogP contribution is 2.41. The third kappa shape index (κ3) is 3.77. The molecule has 150 valence electrons. The van der Waals surface area contributed by atoms with Gasteiger partial charge in [-0.15, -0.1) is 11.3 Å². The van der Waals surface area contributed by atoms with Gasteiger partial charge in [0.25, 0.3) is 0 Å². The quantitative estimate of drug-likeness (QED) is 0.464. The summed E-state index contributed by atoms with van der Waals surface area (Å²) < 4.78 is 0. The number of hydrogen-bond acceptors (Lipinski definition) is 9. The van der Waals surface area contributed by atoms with Crippen LogP contribution in [0.15, 0.2) is 58.5 Å². The Morgan fingerprint density at radius 3 is 2.83 bits per heavy atom. The molecular weight excluding hydrogens is 412 g/mol. The lowest BCUT2D eigenvalue weighted by molar-refractivity contribution is -0.115. The maximum Gasteiger partial charge on any atom is 0.185 e. The summed E-state index contributed by atoms with van der Waals surface area (Å²) in [7, 11) is 0. The Labute approximate surface area is 176 Å². The van der Waals surface area contributed by atoms with Crippen LogP contribution in [0.3, 0.4) is 0 Å². The van der Waals surface area contributed by atoms with Crippen molar-refractivity contribution in [3.63, 3.8) is 0 Å². The zero-order valence-electron chi connectivity index (χ0n) is 15.2. The van der Waals surface area contributed by atoms with E-state index in [1.54, 1.807) is 30.5 Å². The molecule has 2 aliphatic heterocycles. The highest BCUT2D eigenvalue weighted by molar-refractivity contribution is 7.15. The molecule has 7 N–H and O–H groups in total. The Kier molecular flexibility index (Phi) is 5.37. The fraction of sp³-hybridized carbons (Fsp3) is 0.211. The van der Waals surface area contributed by atoms with Crippen LogP contribution in [-0.4, -0.2) is 34.8 Å². The monoisotopic (exact) mass is 430 g/mol. The molecule has 0 amide bonds. The number of anilines is 1. The highest BCUT2D eigenvalue weighted by atomic mass is 35.5. The van der Waals surface area contributed by atoms with Crippen molar-refractivity contribution in [3.05, 3.63) is 69.0 Å². The van der Waals surface area contributed by atoms with Crippen LogP contribution in [0.1, 0.15) is 22.6 Å². The minimum Gasteiger partial charge on any atom is -0.404 e. The molecule has 0 bridgehead atoms. The number of Topliss-reactive ketones (excluding diaryl/α,β-unsaturated/α-hetero) is 1. The molecular formula is C19H19ClN6O2S. The van der Waals surface area contributed by atoms with E-state index < -0.39 is 12.1 Å². The number of hydrogen-bond donors (Lipinski definition) is 5. The molecule has 10 heteroatoms. The second-order valence-electron chi connectivity index (χ2n) is 6.61. The van der Waals surface area contributed by atoms with E-state index in [0.717, 1.165) is 4.88 Å². The van der Waals surface area contributed by atoms with Gasteiger partial charge in [-0.1, -0.05) is 23.7 Å². The molecule has 2 atom stereocenters. The fourth-order valence-electron chi connectivity index (χ4n) is 3.40. The van der Waals surface area contributed by atoms with Gasteiger partial charge in [-0.05, 0) is 12.1 Å². The van der Waals surface area contributed by atoms with Crippen molar-refractivity contribution in [1.29, 1.82) is 0 Å². The molecule has 8 nitrogen and oxygen atoms in total. The average molecular weight is 431 g/mol. The molecule has 2 unspecified atom stereocenters. The number of nitrogens with one attached hydrogen (secondary N) is 2. The summed E-state index contributed by atoms with van der Waals surface area (Å²) in [5, 5.41) is 17.5. The van der Waals surface area contributed by atoms with Crippen LogP contribution >= 0.6 is 22.9 Å². The van der Waals surface area contributed by atoms with Crippen LogP contribution in [0.2, 0.25) is 5.02 Å². The van der Waals surface area contributed by atoms with Gasteiger partial charge < -0.3 is 27.2 Å². The fourth-order valence-corrected chi connectivity index (χ4v) is 4.49. The van der Waals surface area contributed by atoms with Crippen molar-refractivity contribution in [2.75, 3.05) is 18.4 Å². The average Bonchev–Trinajstić information content (AvgIpc) is 3.15. The van der Waals surface area contributed by atoms with E-state index in [2.05, 4.69) is 20.6 Å². The number of halogens is 1. The molecule has 0 spiro atoms. The van der Waals surface area contributed by atoms with Gasteiger partial charge in [0.2, 0.25) is 0 Å². The molecule has 0 saturated carbocycles. The number of carbonyl (C=O) groups is 1. The van der Waals surface area contributed by atoms with Gasteiger partial charge in [-0.25, -0.2) is 9.98 Å². The van der Waals surface area contributed by atoms with Gasteiger partial charge in [0, 0.05) is 45.6 Å². The molecule has 3 heterocycles. The van der Waals surface area contributed by atoms with Crippen molar-refractivity contribution in [2.24, 2.45) is 16.5 Å². The van der Waals surface area contributed by atoms with Crippen LogP contribution in [0.4, 0.5) is 5.13 Å². The van der Waals surface area contributed by atoms with E-state index in [1.165, 1.54) is 17.5 Å². The third-order valence-electron chi connectivity index (χ3n) is 4.77. The van der Waals surface area contributed by atoms with E-state index in [1.807, 2.05) is 0 Å². The number of aliphatic hydroxyl groups is 1. The summed E-state index contributed by atoms with van der Waals surface area (Å²) in [5.74, 6) is -0.185. The molecule has 0 fully saturated rings. The van der Waals surface area contributed by atoms with Crippen molar-refractivity contribution >= 4 is 39.7 Å². The van der Waals surface area contributed by atoms with Gasteiger partial charge >= 0.3 is 0 Å². The number of ketones is 1. The lowest BCUT2D eigenvalue weighted by atomic mass is 9.82. The first-order valence-corrected chi connectivity index (χ1v) is 10.1. The Morgan fingerprint density at radius 1 is 1.34 bits per heavy atom. The Balaban J connectivity index is 1.63. The number of nitrogens with two attached hydrogens (primary N) is 2. The minimum absolute atomic E-state index is 0.0454. The number of nitrogens with zero attached hydrogens (tertiary/aromatic N) is 2. The predicted octanol–water partition coefficient (Wildman–Crippen LogP) is 1.62. The number of amidine groups is 1. The number of rotatable bonds is 4. The molecule has 0 radical (unpaired) electrons. The standard InChI is InChI=1S/C19H19ClN6O2S/c20-10-3-1-9(2-4-10)18(28)26-19-24-8-14(29-19)15-11(5-21)17(22)25-12-6-23-7-13(27)16(12)15/h1-5,8,15,18,23,28H,6-7,21H2,(H2,22,25)(H,24,26)/b11-5-. The van der Waals surface area contributed by atoms with Crippen LogP contribution in [-0.2, 0) is 4.79 Å². The summed E-state index contributed by atoms with van der Waals surface area (Å²) >= 11 is 7.21. The van der Waals surface area contributed by atoms with Gasteiger partial charge in [-0.2, -0.15) is 0 Å². The summed E-state index contributed by atoms with van der Waals surface area (Å²) in [6.07, 6.45) is 2.09. The van der Waals surface area contributed by atoms with E-state index in [9.17, 15) is 9.90 Å². The Hall–Kier alpha value is -2.72. The summed E-state index contributed by atoms with van der Waals surface area (Å²) in [6.45, 7) is 0.705. The maximum atomic E-state index is 12.6. The first-order chi connectivity index (χ1) is 14.0. The third-order valence-corrected chi connectivity index (χ3v) is 6.02. The topological polar surface area (TPSA) is 139 Å². The van der Waals surface area contributed by atoms with Crippen LogP contribution in [0, 0.1) is 0 Å². The van der Waals surface area contributed by atoms with Gasteiger partial charge in [0.05, 0.1) is 18.2 Å². The van der Waals surface area contributed by atoms with Crippen LogP contribution < -0.4 is 22.1 Å². The van der Waals surface area contributed by atoms with E-state index >= 15 is 0 Å². The molecule has 2 aliphatic rings. The number of aliphatic hydroxyl groups excluding tert-OH is 1. The van der Waals surface area contributed by atoms with E-state index in [0.29, 0.717) is 39.1 Å². The highest BCUT2D eigenvalue weighted by Gasteiger charge is 2.37. The number of aliphatic imine (C=N–C) groups is 1. The molecule has 1 aromatic heterocycles. The molecule has 2 aromatic rings. The second kappa shape index (κ2) is 7.96. The largest absolute Gasteiger partial charge is 0.404 e. The van der Waals surface area contributed by atoms with Gasteiger partial charge in [-0.3, -0.25) is 4.79 Å². The zero-order valence-corrected chi connectivity index (χ0v) is 16.8. The van der Waals surface area contributed by atoms with E-state index in [4.69, 9.17) is 23.1 Å². The Morgan fingerprint density at radius 2 is 2.10 bits per heavy atom. The first-order valence-electron chi connectivity index (χ1n) is 8.87. The van der Waals surface area contributed by atoms with Gasteiger partial charge in [0.1, 0.15) is 5.84 Å². The Bertz CT molecular complexity index is 1040. The SMILES string of the molecule is N/C=C1\C(N)=NC2=C(C(=O)CNC2)C1c1cnc(NC(O)c2ccc(Cl)cc2)s1. The minimum atomic E-state index is -0.955. The van der Waals surface area contributed by atoms with Crippen molar-refractivity contribution in [2.45, 2.75) is 12.1 Å². The smallest absolute Gasteiger partial charge is 0.185 e. The van der Waals surface area contributed by atoms with E-state index in [-0.39, 0.29) is 18.2 Å². The maximum absolute atomic E-state index is 12.6. The second-order valence-corrected chi connectivity index (χ2v) is 8.10. The number of thiazole rings is 1. The van der Waals surface area contributed by atoms with Crippen LogP contribution in [0.25, 0.3) is 0 Å². The summed E-state index contributed by atoms with van der Waals surface area (Å²) in [5.41, 5.74) is 14.3.